The summed E-state index contributed by atoms with van der Waals surface area (Å²) in [6, 6.07) is 23.8. The fourth-order valence-corrected chi connectivity index (χ4v) is 5.04. The predicted molar refractivity (Wildman–Crippen MR) is 149 cm³/mol. The van der Waals surface area contributed by atoms with E-state index < -0.39 is 4.75 Å². The van der Waals surface area contributed by atoms with Crippen molar-refractivity contribution < 1.29 is 14.0 Å². The number of nitriles is 1. The van der Waals surface area contributed by atoms with Gasteiger partial charge in [-0.3, -0.25) is 4.79 Å². The summed E-state index contributed by atoms with van der Waals surface area (Å²) in [5.41, 5.74) is 2.12. The van der Waals surface area contributed by atoms with Gasteiger partial charge < -0.3 is 9.22 Å². The van der Waals surface area contributed by atoms with Gasteiger partial charge >= 0.3 is 5.97 Å². The van der Waals surface area contributed by atoms with E-state index in [1.54, 1.807) is 0 Å². The molecule has 0 heterocycles. The van der Waals surface area contributed by atoms with Gasteiger partial charge in [0.15, 0.2) is 0 Å². The van der Waals surface area contributed by atoms with Crippen LogP contribution < -0.4 is 0 Å². The highest BCUT2D eigenvalue weighted by Crippen LogP contribution is 2.33. The van der Waals surface area contributed by atoms with E-state index >= 15 is 0 Å². The van der Waals surface area contributed by atoms with Crippen LogP contribution in [0, 0.1) is 23.5 Å². The van der Waals surface area contributed by atoms with Crippen molar-refractivity contribution in [2.45, 2.75) is 44.9 Å². The number of esters is 1. The molecule has 0 saturated heterocycles. The minimum absolute atomic E-state index is 0.191. The summed E-state index contributed by atoms with van der Waals surface area (Å²) in [7, 11) is 0. The average molecular weight is 563 g/mol. The molecule has 0 spiro atoms. The number of quaternary nitrogens is 1. The van der Waals surface area contributed by atoms with Crippen molar-refractivity contribution in [2.75, 3.05) is 32.1 Å². The third-order valence-electron chi connectivity index (χ3n) is 5.78. The first-order valence-corrected chi connectivity index (χ1v) is 14.1. The zero-order valence-corrected chi connectivity index (χ0v) is 23.7. The molecule has 2 rings (SSSR count). The van der Waals surface area contributed by atoms with E-state index in [2.05, 4.69) is 54.0 Å². The highest BCUT2D eigenvalue weighted by Gasteiger charge is 2.29. The van der Waals surface area contributed by atoms with Crippen molar-refractivity contribution in [3.63, 3.8) is 0 Å². The molecule has 0 aliphatic heterocycles. The van der Waals surface area contributed by atoms with Crippen molar-refractivity contribution in [3.05, 3.63) is 71.8 Å². The fourth-order valence-electron chi connectivity index (χ4n) is 3.44. The molecule has 0 aromatic heterocycles. The summed E-state index contributed by atoms with van der Waals surface area (Å²) in [6.07, 6.45) is 0.577. The molecule has 2 aromatic carbocycles. The van der Waals surface area contributed by atoms with Gasteiger partial charge in [0.2, 0.25) is 0 Å². The van der Waals surface area contributed by atoms with Crippen LogP contribution in [0.5, 0.6) is 0 Å². The Kier molecular flexibility index (Phi) is 14.1. The molecule has 2 aromatic rings. The number of nitrogens with zero attached hydrogens (tertiary/aromatic N) is 2. The van der Waals surface area contributed by atoms with Crippen molar-refractivity contribution >= 4 is 50.1 Å². The Labute approximate surface area is 223 Å². The first-order valence-electron chi connectivity index (χ1n) is 11.3. The molecule has 1 atom stereocenters. The molecule has 0 aliphatic carbocycles. The molecule has 0 fully saturated rings. The quantitative estimate of drug-likeness (QED) is 0.130. The third kappa shape index (κ3) is 10.2. The fraction of sp³-hybridized carbons (Fsp3) is 0.444. The van der Waals surface area contributed by atoms with E-state index in [1.165, 1.54) is 17.3 Å². The summed E-state index contributed by atoms with van der Waals surface area (Å²) in [5, 5.41) is 9.69. The molecule has 0 radical (unpaired) electrons. The number of halogens is 1. The second-order valence-electron chi connectivity index (χ2n) is 8.02. The van der Waals surface area contributed by atoms with Gasteiger partial charge in [0.25, 0.3) is 0 Å². The van der Waals surface area contributed by atoms with E-state index in [0.29, 0.717) is 17.2 Å². The number of carbonyl (C=O) groups is 1. The number of benzene rings is 1. The van der Waals surface area contributed by atoms with Crippen LogP contribution >= 0.6 is 39.9 Å². The second kappa shape index (κ2) is 15.9. The average Bonchev–Trinajstić information content (AvgIpc) is 2.89. The maximum atomic E-state index is 12.4. The largest absolute Gasteiger partial charge is 0.460 e. The van der Waals surface area contributed by atoms with Gasteiger partial charge in [-0.2, -0.15) is 5.26 Å². The Morgan fingerprint density at radius 2 is 1.88 bits per heavy atom. The van der Waals surface area contributed by atoms with Crippen molar-refractivity contribution in [3.8, 4) is 6.07 Å². The number of carbonyl (C=O) groups excluding carboxylic acids is 1. The molecule has 0 amide bonds. The number of alkyl halides is 1. The normalized spacial score (nSPS) is 12.2. The predicted octanol–water partition coefficient (Wildman–Crippen LogP) is 6.37. The van der Waals surface area contributed by atoms with Gasteiger partial charge in [0.05, 0.1) is 23.4 Å². The molecule has 0 saturated carbocycles. The lowest BCUT2D eigenvalue weighted by Gasteiger charge is -2.36. The van der Waals surface area contributed by atoms with Gasteiger partial charge in [0, 0.05) is 12.0 Å². The monoisotopic (exact) mass is 561 g/mol. The summed E-state index contributed by atoms with van der Waals surface area (Å²) in [4.78, 5) is 12.4. The van der Waals surface area contributed by atoms with Crippen LogP contribution in [0.2, 0.25) is 0 Å². The molecule has 1 unspecified atom stereocenters. The van der Waals surface area contributed by atoms with Gasteiger partial charge in [-0.15, -0.1) is 0 Å². The standard InChI is InChI=1S/C26H31N2O2S2.CH3Br/c1-4-28(5-2,20-22-12-8-6-9-13-22)18-19-30-24(29)16-17-26(3,21-27)32-25(31)23-14-10-7-11-15-23;1-2/h7-8,10-15H,4-5,16-20H2,1-3H3;1H3/q+1;. The minimum Gasteiger partial charge on any atom is -0.460 e. The van der Waals surface area contributed by atoms with Crippen LogP contribution in [-0.2, 0) is 16.1 Å². The van der Waals surface area contributed by atoms with Crippen LogP contribution in [0.1, 0.15) is 44.7 Å². The minimum atomic E-state index is -0.778. The SMILES string of the molecule is CBr.CC[N+](CC)(CCOC(=O)CCC(C)(C#N)SC(=S)c1ccccc1)Cc1cc#ccc1. The molecule has 0 bridgehead atoms. The molecule has 0 N–H and O–H groups in total. The zero-order valence-electron chi connectivity index (χ0n) is 20.5. The lowest BCUT2D eigenvalue weighted by molar-refractivity contribution is -0.937. The van der Waals surface area contributed by atoms with Crippen molar-refractivity contribution in [2.24, 2.45) is 0 Å². The smallest absolute Gasteiger partial charge is 0.306 e. The molecule has 0 aliphatic rings. The van der Waals surface area contributed by atoms with Crippen LogP contribution in [-0.4, -0.2) is 51.5 Å². The van der Waals surface area contributed by atoms with E-state index in [0.717, 1.165) is 36.2 Å². The van der Waals surface area contributed by atoms with Crippen LogP contribution in [0.15, 0.2) is 48.5 Å². The van der Waals surface area contributed by atoms with Gasteiger partial charge in [-0.05, 0) is 56.8 Å². The Bertz CT molecular complexity index is 915. The van der Waals surface area contributed by atoms with Crippen molar-refractivity contribution in [1.29, 1.82) is 5.26 Å². The second-order valence-corrected chi connectivity index (χ2v) is 10.2. The number of thiocarbonyl (C=S) groups is 1. The molecule has 34 heavy (non-hydrogen) atoms. The zero-order chi connectivity index (χ0) is 25.5. The van der Waals surface area contributed by atoms with E-state index in [-0.39, 0.29) is 12.4 Å². The summed E-state index contributed by atoms with van der Waals surface area (Å²) in [6.45, 7) is 10.0. The number of rotatable bonds is 12. The number of hydrogen-bond donors (Lipinski definition) is 0. The Morgan fingerprint density at radius 1 is 1.21 bits per heavy atom. The van der Waals surface area contributed by atoms with Gasteiger partial charge in [-0.1, -0.05) is 82.4 Å². The topological polar surface area (TPSA) is 50.1 Å². The maximum Gasteiger partial charge on any atom is 0.306 e. The molecular weight excluding hydrogens is 528 g/mol. The van der Waals surface area contributed by atoms with E-state index in [9.17, 15) is 10.1 Å². The number of hydrogen-bond acceptors (Lipinski definition) is 5. The molecule has 182 valence electrons. The van der Waals surface area contributed by atoms with Crippen LogP contribution in [0.3, 0.4) is 0 Å². The van der Waals surface area contributed by atoms with Gasteiger partial charge in [0.1, 0.15) is 24.4 Å². The maximum absolute atomic E-state index is 12.4. The highest BCUT2D eigenvalue weighted by atomic mass is 79.9. The number of ether oxygens (including phenoxy) is 1. The first kappa shape index (κ1) is 30.1. The molecule has 4 nitrogen and oxygen atoms in total. The number of thioether (sulfide) groups is 1. The van der Waals surface area contributed by atoms with E-state index in [1.807, 2.05) is 55.2 Å². The molecular formula is C27H34BrN2O2S2+. The van der Waals surface area contributed by atoms with Gasteiger partial charge in [-0.25, -0.2) is 0 Å². The Balaban J connectivity index is 0.00000281. The Morgan fingerprint density at radius 3 is 2.44 bits per heavy atom. The third-order valence-corrected chi connectivity index (χ3v) is 7.43. The van der Waals surface area contributed by atoms with Crippen LogP contribution in [0.4, 0.5) is 0 Å². The van der Waals surface area contributed by atoms with Crippen molar-refractivity contribution in [1.82, 2.24) is 0 Å². The summed E-state index contributed by atoms with van der Waals surface area (Å²) >= 11 is 9.77. The Hall–Kier alpha value is -1.90. The highest BCUT2D eigenvalue weighted by molar-refractivity contribution is 9.08. The molecule has 7 heteroatoms. The summed E-state index contributed by atoms with van der Waals surface area (Å²) < 4.78 is 6.26. The van der Waals surface area contributed by atoms with Crippen LogP contribution in [0.25, 0.3) is 0 Å². The summed E-state index contributed by atoms with van der Waals surface area (Å²) in [5.74, 6) is 1.54. The van der Waals surface area contributed by atoms with E-state index in [4.69, 9.17) is 17.0 Å². The first-order chi connectivity index (χ1) is 16.4. The lowest BCUT2D eigenvalue weighted by atomic mass is 10.1. The number of likely N-dealkylation sites (N-methyl/N-ethyl adjacent to an activating group) is 1. The lowest BCUT2D eigenvalue weighted by Crippen LogP contribution is -2.49.